The Labute approximate surface area is 103 Å². The van der Waals surface area contributed by atoms with Crippen LogP contribution in [-0.4, -0.2) is 39.9 Å². The van der Waals surface area contributed by atoms with Crippen LogP contribution in [0.25, 0.3) is 0 Å². The summed E-state index contributed by atoms with van der Waals surface area (Å²) in [7, 11) is 0. The predicted octanol–water partition coefficient (Wildman–Crippen LogP) is -0.166. The first-order chi connectivity index (χ1) is 7.47. The standard InChI is InChI=1S/C9H14N2O3S2/c1-4(9(13)14)5(2-15)3-16-8-6(10)7(12)11-8/h6,8,15H,2-3,10H2,1H3,(H,11,12)(H,13,14)/b5-4+. The second-order valence-corrected chi connectivity index (χ2v) is 4.90. The summed E-state index contributed by atoms with van der Waals surface area (Å²) in [4.78, 5) is 21.6. The van der Waals surface area contributed by atoms with Crippen LogP contribution in [-0.2, 0) is 9.59 Å². The van der Waals surface area contributed by atoms with Gasteiger partial charge < -0.3 is 16.2 Å². The molecule has 0 aromatic heterocycles. The van der Waals surface area contributed by atoms with Gasteiger partial charge in [0.2, 0.25) is 5.91 Å². The minimum Gasteiger partial charge on any atom is -0.478 e. The van der Waals surface area contributed by atoms with Gasteiger partial charge in [0.1, 0.15) is 6.04 Å². The fourth-order valence-electron chi connectivity index (χ4n) is 1.13. The lowest BCUT2D eigenvalue weighted by atomic mass is 10.2. The highest BCUT2D eigenvalue weighted by atomic mass is 32.2. The van der Waals surface area contributed by atoms with Gasteiger partial charge in [0.15, 0.2) is 0 Å². The third kappa shape index (κ3) is 2.93. The van der Waals surface area contributed by atoms with E-state index in [2.05, 4.69) is 17.9 Å². The van der Waals surface area contributed by atoms with Crippen molar-refractivity contribution in [1.82, 2.24) is 5.32 Å². The van der Waals surface area contributed by atoms with Gasteiger partial charge in [-0.1, -0.05) is 0 Å². The molecule has 1 saturated heterocycles. The van der Waals surface area contributed by atoms with Crippen molar-refractivity contribution in [3.63, 3.8) is 0 Å². The lowest BCUT2D eigenvalue weighted by Crippen LogP contribution is -2.65. The quantitative estimate of drug-likeness (QED) is 0.314. The van der Waals surface area contributed by atoms with E-state index in [-0.39, 0.29) is 11.3 Å². The number of amides is 1. The SMILES string of the molecule is C/C(C(=O)O)=C(/CS)CSC1NC(=O)C1N. The van der Waals surface area contributed by atoms with Crippen LogP contribution >= 0.6 is 24.4 Å². The van der Waals surface area contributed by atoms with Gasteiger partial charge in [-0.25, -0.2) is 4.79 Å². The molecule has 0 aromatic carbocycles. The number of carboxylic acids is 1. The first-order valence-corrected chi connectivity index (χ1v) is 6.35. The molecule has 1 heterocycles. The van der Waals surface area contributed by atoms with Crippen LogP contribution < -0.4 is 11.1 Å². The average molecular weight is 262 g/mol. The van der Waals surface area contributed by atoms with Gasteiger partial charge >= 0.3 is 5.97 Å². The molecule has 2 unspecified atom stereocenters. The zero-order valence-electron chi connectivity index (χ0n) is 8.77. The first-order valence-electron chi connectivity index (χ1n) is 4.67. The molecule has 1 rings (SSSR count). The van der Waals surface area contributed by atoms with Crippen LogP contribution in [0, 0.1) is 0 Å². The molecular weight excluding hydrogens is 248 g/mol. The maximum Gasteiger partial charge on any atom is 0.331 e. The number of aliphatic carboxylic acids is 1. The molecule has 0 bridgehead atoms. The van der Waals surface area contributed by atoms with Gasteiger partial charge in [-0.05, 0) is 12.5 Å². The van der Waals surface area contributed by atoms with E-state index >= 15 is 0 Å². The Balaban J connectivity index is 2.50. The average Bonchev–Trinajstić information content (AvgIpc) is 2.27. The third-order valence-electron chi connectivity index (χ3n) is 2.39. The Morgan fingerprint density at radius 3 is 2.69 bits per heavy atom. The van der Waals surface area contributed by atoms with Crippen LogP contribution in [0.2, 0.25) is 0 Å². The number of rotatable bonds is 5. The second kappa shape index (κ2) is 5.60. The summed E-state index contributed by atoms with van der Waals surface area (Å²) in [6.07, 6.45) is 0. The van der Waals surface area contributed by atoms with E-state index < -0.39 is 12.0 Å². The topological polar surface area (TPSA) is 92.4 Å². The molecule has 0 aromatic rings. The maximum absolute atomic E-state index is 10.8. The molecule has 1 fully saturated rings. The van der Waals surface area contributed by atoms with Crippen molar-refractivity contribution >= 4 is 36.3 Å². The Morgan fingerprint density at radius 1 is 1.69 bits per heavy atom. The molecule has 0 spiro atoms. The summed E-state index contributed by atoms with van der Waals surface area (Å²) >= 11 is 5.51. The lowest BCUT2D eigenvalue weighted by molar-refractivity contribution is -0.132. The molecule has 16 heavy (non-hydrogen) atoms. The smallest absolute Gasteiger partial charge is 0.331 e. The predicted molar refractivity (Wildman–Crippen MR) is 66.6 cm³/mol. The molecule has 90 valence electrons. The van der Waals surface area contributed by atoms with E-state index in [0.29, 0.717) is 17.1 Å². The molecule has 7 heteroatoms. The van der Waals surface area contributed by atoms with Crippen LogP contribution in [0.5, 0.6) is 0 Å². The molecule has 1 amide bonds. The number of carbonyl (C=O) groups is 2. The van der Waals surface area contributed by atoms with Crippen LogP contribution in [0.15, 0.2) is 11.1 Å². The molecule has 4 N–H and O–H groups in total. The fraction of sp³-hybridized carbons (Fsp3) is 0.556. The van der Waals surface area contributed by atoms with Crippen molar-refractivity contribution in [2.24, 2.45) is 5.73 Å². The number of carbonyl (C=O) groups excluding carboxylic acids is 1. The number of nitrogens with two attached hydrogens (primary N) is 1. The first kappa shape index (κ1) is 13.4. The van der Waals surface area contributed by atoms with Gasteiger partial charge in [-0.15, -0.1) is 11.8 Å². The number of thioether (sulfide) groups is 1. The molecule has 5 nitrogen and oxygen atoms in total. The van der Waals surface area contributed by atoms with Gasteiger partial charge in [0.25, 0.3) is 0 Å². The van der Waals surface area contributed by atoms with E-state index in [4.69, 9.17) is 10.8 Å². The summed E-state index contributed by atoms with van der Waals surface area (Å²) in [6.45, 7) is 1.55. The minimum atomic E-state index is -0.938. The third-order valence-corrected chi connectivity index (χ3v) is 4.06. The molecule has 0 aliphatic carbocycles. The monoisotopic (exact) mass is 262 g/mol. The lowest BCUT2D eigenvalue weighted by Gasteiger charge is -2.33. The van der Waals surface area contributed by atoms with Gasteiger partial charge in [0, 0.05) is 17.1 Å². The van der Waals surface area contributed by atoms with E-state index in [1.54, 1.807) is 6.92 Å². The number of thiol groups is 1. The Kier molecular flexibility index (Phi) is 4.69. The minimum absolute atomic E-state index is 0.121. The highest BCUT2D eigenvalue weighted by molar-refractivity contribution is 8.00. The van der Waals surface area contributed by atoms with Crippen LogP contribution in [0.3, 0.4) is 0 Å². The van der Waals surface area contributed by atoms with E-state index in [9.17, 15) is 9.59 Å². The maximum atomic E-state index is 10.8. The van der Waals surface area contributed by atoms with Gasteiger partial charge in [0.05, 0.1) is 5.37 Å². The molecule has 1 aliphatic heterocycles. The molecular formula is C9H14N2O3S2. The number of hydrogen-bond donors (Lipinski definition) is 4. The highest BCUT2D eigenvalue weighted by Crippen LogP contribution is 2.22. The second-order valence-electron chi connectivity index (χ2n) is 3.46. The van der Waals surface area contributed by atoms with E-state index in [1.807, 2.05) is 0 Å². The molecule has 0 saturated carbocycles. The Morgan fingerprint density at radius 2 is 2.31 bits per heavy atom. The number of β-lactam (4-membered cyclic amide) rings is 1. The largest absolute Gasteiger partial charge is 0.478 e. The van der Waals surface area contributed by atoms with Crippen LogP contribution in [0.1, 0.15) is 6.92 Å². The van der Waals surface area contributed by atoms with Crippen molar-refractivity contribution in [3.05, 3.63) is 11.1 Å². The van der Waals surface area contributed by atoms with Crippen LogP contribution in [0.4, 0.5) is 0 Å². The summed E-state index contributed by atoms with van der Waals surface area (Å²) < 4.78 is 0. The number of carboxylic acid groups (broad SMARTS) is 1. The van der Waals surface area contributed by atoms with Crippen molar-refractivity contribution in [1.29, 1.82) is 0 Å². The summed E-state index contributed by atoms with van der Waals surface area (Å²) in [6, 6.07) is -0.490. The summed E-state index contributed by atoms with van der Waals surface area (Å²) in [5, 5.41) is 11.3. The number of nitrogens with one attached hydrogen (secondary N) is 1. The van der Waals surface area contributed by atoms with Crippen molar-refractivity contribution in [3.8, 4) is 0 Å². The highest BCUT2D eigenvalue weighted by Gasteiger charge is 2.36. The molecule has 1 aliphatic rings. The Hall–Kier alpha value is -0.660. The zero-order chi connectivity index (χ0) is 12.3. The van der Waals surface area contributed by atoms with Crippen molar-refractivity contribution in [2.75, 3.05) is 11.5 Å². The van der Waals surface area contributed by atoms with Gasteiger partial charge in [-0.2, -0.15) is 12.6 Å². The van der Waals surface area contributed by atoms with E-state index in [1.165, 1.54) is 11.8 Å². The summed E-state index contributed by atoms with van der Waals surface area (Å²) in [5.41, 5.74) is 6.60. The van der Waals surface area contributed by atoms with Crippen molar-refractivity contribution in [2.45, 2.75) is 18.3 Å². The normalized spacial score (nSPS) is 25.6. The molecule has 2 atom stereocenters. The zero-order valence-corrected chi connectivity index (χ0v) is 10.5. The van der Waals surface area contributed by atoms with E-state index in [0.717, 1.165) is 5.57 Å². The van der Waals surface area contributed by atoms with Gasteiger partial charge in [-0.3, -0.25) is 4.79 Å². The van der Waals surface area contributed by atoms with Crippen molar-refractivity contribution < 1.29 is 14.7 Å². The molecule has 0 radical (unpaired) electrons. The Bertz CT molecular complexity index is 344. The fourth-order valence-corrected chi connectivity index (χ4v) is 2.86. The number of hydrogen-bond acceptors (Lipinski definition) is 5. The summed E-state index contributed by atoms with van der Waals surface area (Å²) in [5.74, 6) is -0.197.